The van der Waals surface area contributed by atoms with E-state index in [0.717, 1.165) is 11.3 Å². The molecule has 1 aliphatic rings. The molecule has 0 amide bonds. The van der Waals surface area contributed by atoms with Crippen LogP contribution in [0.2, 0.25) is 0 Å². The van der Waals surface area contributed by atoms with Gasteiger partial charge in [0.25, 0.3) is 0 Å². The molecule has 1 aliphatic heterocycles. The number of hydrogen-bond donors (Lipinski definition) is 1. The van der Waals surface area contributed by atoms with Gasteiger partial charge in [0.2, 0.25) is 0 Å². The van der Waals surface area contributed by atoms with Crippen molar-refractivity contribution < 1.29 is 17.9 Å². The summed E-state index contributed by atoms with van der Waals surface area (Å²) >= 11 is 0. The second-order valence-corrected chi connectivity index (χ2v) is 5.01. The Bertz CT molecular complexity index is 750. The highest BCUT2D eigenvalue weighted by molar-refractivity contribution is 5.60. The molecule has 0 radical (unpaired) electrons. The van der Waals surface area contributed by atoms with E-state index in [1.165, 1.54) is 18.2 Å². The fourth-order valence-electron chi connectivity index (χ4n) is 2.56. The van der Waals surface area contributed by atoms with E-state index >= 15 is 0 Å². The lowest BCUT2D eigenvalue weighted by Gasteiger charge is -2.14. The SMILES string of the molecule is N#Cc1ccc2c(c1)CC(c1cccc(OC(F)(F)F)c1)N2. The van der Waals surface area contributed by atoms with E-state index in [0.29, 0.717) is 17.5 Å². The summed E-state index contributed by atoms with van der Waals surface area (Å²) in [6.07, 6.45) is -4.09. The number of ether oxygens (including phenoxy) is 1. The van der Waals surface area contributed by atoms with Crippen molar-refractivity contribution in [2.75, 3.05) is 5.32 Å². The fraction of sp³-hybridized carbons (Fsp3) is 0.188. The average Bonchev–Trinajstić information content (AvgIpc) is 2.88. The number of benzene rings is 2. The number of rotatable bonds is 2. The molecule has 0 spiro atoms. The van der Waals surface area contributed by atoms with Crippen LogP contribution in [-0.4, -0.2) is 6.36 Å². The van der Waals surface area contributed by atoms with Gasteiger partial charge in [-0.15, -0.1) is 13.2 Å². The monoisotopic (exact) mass is 304 g/mol. The van der Waals surface area contributed by atoms with E-state index in [1.807, 2.05) is 6.07 Å². The van der Waals surface area contributed by atoms with Gasteiger partial charge in [0.1, 0.15) is 5.75 Å². The Kier molecular flexibility index (Phi) is 3.41. The first-order valence-corrected chi connectivity index (χ1v) is 6.60. The maximum atomic E-state index is 12.3. The second-order valence-electron chi connectivity index (χ2n) is 5.01. The zero-order chi connectivity index (χ0) is 15.7. The Labute approximate surface area is 124 Å². The van der Waals surface area contributed by atoms with Crippen molar-refractivity contribution >= 4 is 5.69 Å². The molecular formula is C16H11F3N2O. The van der Waals surface area contributed by atoms with Gasteiger partial charge in [-0.25, -0.2) is 0 Å². The molecule has 0 bridgehead atoms. The van der Waals surface area contributed by atoms with Gasteiger partial charge in [-0.3, -0.25) is 0 Å². The van der Waals surface area contributed by atoms with Crippen LogP contribution in [0.4, 0.5) is 18.9 Å². The Hall–Kier alpha value is -2.68. The largest absolute Gasteiger partial charge is 0.573 e. The van der Waals surface area contributed by atoms with Gasteiger partial charge in [0.05, 0.1) is 17.7 Å². The number of nitrogens with zero attached hydrogens (tertiary/aromatic N) is 1. The minimum Gasteiger partial charge on any atom is -0.406 e. The summed E-state index contributed by atoms with van der Waals surface area (Å²) in [7, 11) is 0. The van der Waals surface area contributed by atoms with Crippen LogP contribution in [0.15, 0.2) is 42.5 Å². The van der Waals surface area contributed by atoms with Crippen molar-refractivity contribution in [3.63, 3.8) is 0 Å². The van der Waals surface area contributed by atoms with E-state index in [2.05, 4.69) is 16.1 Å². The van der Waals surface area contributed by atoms with Crippen LogP contribution < -0.4 is 10.1 Å². The fourth-order valence-corrected chi connectivity index (χ4v) is 2.56. The Morgan fingerprint density at radius 1 is 1.18 bits per heavy atom. The molecule has 1 unspecified atom stereocenters. The van der Waals surface area contributed by atoms with Crippen LogP contribution in [-0.2, 0) is 6.42 Å². The summed E-state index contributed by atoms with van der Waals surface area (Å²) < 4.78 is 40.8. The Balaban J connectivity index is 1.82. The van der Waals surface area contributed by atoms with Crippen LogP contribution in [0.1, 0.15) is 22.7 Å². The van der Waals surface area contributed by atoms with Gasteiger partial charge in [-0.05, 0) is 47.9 Å². The van der Waals surface area contributed by atoms with Gasteiger partial charge in [0.15, 0.2) is 0 Å². The molecule has 6 heteroatoms. The molecule has 1 atom stereocenters. The molecule has 0 aromatic heterocycles. The molecule has 2 aromatic rings. The highest BCUT2D eigenvalue weighted by Gasteiger charge is 2.31. The van der Waals surface area contributed by atoms with E-state index in [4.69, 9.17) is 5.26 Å². The Morgan fingerprint density at radius 2 is 2.00 bits per heavy atom. The number of nitriles is 1. The quantitative estimate of drug-likeness (QED) is 0.906. The van der Waals surface area contributed by atoms with Crippen molar-refractivity contribution in [3.05, 3.63) is 59.2 Å². The molecule has 0 aliphatic carbocycles. The van der Waals surface area contributed by atoms with Crippen LogP contribution >= 0.6 is 0 Å². The number of halogens is 3. The first-order chi connectivity index (χ1) is 10.4. The van der Waals surface area contributed by atoms with Crippen LogP contribution in [0, 0.1) is 11.3 Å². The second kappa shape index (κ2) is 5.26. The van der Waals surface area contributed by atoms with Crippen LogP contribution in [0.5, 0.6) is 5.75 Å². The van der Waals surface area contributed by atoms with Crippen molar-refractivity contribution in [1.82, 2.24) is 0 Å². The molecule has 2 aromatic carbocycles. The number of fused-ring (bicyclic) bond motifs is 1. The molecule has 0 fully saturated rings. The smallest absolute Gasteiger partial charge is 0.406 e. The summed E-state index contributed by atoms with van der Waals surface area (Å²) in [5, 5.41) is 12.1. The van der Waals surface area contributed by atoms with E-state index in [9.17, 15) is 13.2 Å². The minimum atomic E-state index is -4.70. The topological polar surface area (TPSA) is 45.0 Å². The third kappa shape index (κ3) is 2.98. The summed E-state index contributed by atoms with van der Waals surface area (Å²) in [6.45, 7) is 0. The number of hydrogen-bond acceptors (Lipinski definition) is 3. The zero-order valence-electron chi connectivity index (χ0n) is 11.3. The van der Waals surface area contributed by atoms with Crippen molar-refractivity contribution in [3.8, 4) is 11.8 Å². The van der Waals surface area contributed by atoms with Gasteiger partial charge in [-0.2, -0.15) is 5.26 Å². The van der Waals surface area contributed by atoms with Gasteiger partial charge >= 0.3 is 6.36 Å². The number of nitrogens with one attached hydrogen (secondary N) is 1. The van der Waals surface area contributed by atoms with E-state index in [-0.39, 0.29) is 11.8 Å². The molecule has 0 saturated carbocycles. The van der Waals surface area contributed by atoms with Crippen LogP contribution in [0.3, 0.4) is 0 Å². The van der Waals surface area contributed by atoms with Gasteiger partial charge in [-0.1, -0.05) is 12.1 Å². The zero-order valence-corrected chi connectivity index (χ0v) is 11.3. The molecule has 1 heterocycles. The lowest BCUT2D eigenvalue weighted by Crippen LogP contribution is -2.17. The standard InChI is InChI=1S/C16H11F3N2O/c17-16(18,19)22-13-3-1-2-11(7-13)15-8-12-6-10(9-20)4-5-14(12)21-15/h1-7,15,21H,8H2. The van der Waals surface area contributed by atoms with Crippen molar-refractivity contribution in [1.29, 1.82) is 5.26 Å². The maximum absolute atomic E-state index is 12.3. The predicted octanol–water partition coefficient (Wildman–Crippen LogP) is 4.17. The van der Waals surface area contributed by atoms with Gasteiger partial charge in [0, 0.05) is 5.69 Å². The lowest BCUT2D eigenvalue weighted by molar-refractivity contribution is -0.274. The van der Waals surface area contributed by atoms with Crippen molar-refractivity contribution in [2.24, 2.45) is 0 Å². The third-order valence-electron chi connectivity index (χ3n) is 3.48. The summed E-state index contributed by atoms with van der Waals surface area (Å²) in [4.78, 5) is 0. The molecule has 3 rings (SSSR count). The lowest BCUT2D eigenvalue weighted by atomic mass is 10.0. The molecule has 3 nitrogen and oxygen atoms in total. The summed E-state index contributed by atoms with van der Waals surface area (Å²) in [6, 6.07) is 13.2. The number of anilines is 1. The summed E-state index contributed by atoms with van der Waals surface area (Å²) in [5.74, 6) is -0.236. The first kappa shape index (κ1) is 14.3. The predicted molar refractivity (Wildman–Crippen MR) is 74.3 cm³/mol. The van der Waals surface area contributed by atoms with Crippen LogP contribution in [0.25, 0.3) is 0 Å². The highest BCUT2D eigenvalue weighted by Crippen LogP contribution is 2.36. The molecular weight excluding hydrogens is 293 g/mol. The average molecular weight is 304 g/mol. The normalized spacial score (nSPS) is 16.5. The van der Waals surface area contributed by atoms with Crippen molar-refractivity contribution in [2.45, 2.75) is 18.8 Å². The summed E-state index contributed by atoms with van der Waals surface area (Å²) in [5.41, 5.74) is 3.14. The molecule has 112 valence electrons. The van der Waals surface area contributed by atoms with E-state index < -0.39 is 6.36 Å². The molecule has 0 saturated heterocycles. The number of alkyl halides is 3. The third-order valence-corrected chi connectivity index (χ3v) is 3.48. The highest BCUT2D eigenvalue weighted by atomic mass is 19.4. The van der Waals surface area contributed by atoms with E-state index in [1.54, 1.807) is 18.2 Å². The molecule has 22 heavy (non-hydrogen) atoms. The minimum absolute atomic E-state index is 0.138. The van der Waals surface area contributed by atoms with Gasteiger partial charge < -0.3 is 10.1 Å². The molecule has 1 N–H and O–H groups in total. The first-order valence-electron chi connectivity index (χ1n) is 6.60. The maximum Gasteiger partial charge on any atom is 0.573 e. The Morgan fingerprint density at radius 3 is 2.73 bits per heavy atom.